The molecule has 2 aliphatic heterocycles. The highest BCUT2D eigenvalue weighted by molar-refractivity contribution is 7.90. The third-order valence-electron chi connectivity index (χ3n) is 8.34. The number of nitrogens with zero attached hydrogens (tertiary/aromatic N) is 3. The highest BCUT2D eigenvalue weighted by atomic mass is 32.2. The van der Waals surface area contributed by atoms with Crippen molar-refractivity contribution in [1.82, 2.24) is 14.7 Å². The van der Waals surface area contributed by atoms with Crippen molar-refractivity contribution in [3.63, 3.8) is 0 Å². The van der Waals surface area contributed by atoms with E-state index in [9.17, 15) is 18.0 Å². The Hall–Kier alpha value is -3.01. The summed E-state index contributed by atoms with van der Waals surface area (Å²) in [6, 6.07) is 8.26. The maximum absolute atomic E-state index is 13.6. The average molecular weight is 612 g/mol. The number of amides is 1. The molecule has 0 aliphatic carbocycles. The first kappa shape index (κ1) is 32.9. The molecule has 10 heteroatoms. The molecule has 0 spiro atoms. The topological polar surface area (TPSA) is 121 Å². The molecule has 1 amide bonds. The number of pyridine rings is 2. The zero-order chi connectivity index (χ0) is 31.8. The molecule has 4 rings (SSSR count). The van der Waals surface area contributed by atoms with Crippen molar-refractivity contribution in [2.24, 2.45) is 11.3 Å². The molecular weight excluding hydrogens is 562 g/mol. The molecule has 0 aromatic carbocycles. The van der Waals surface area contributed by atoms with Crippen LogP contribution in [0.3, 0.4) is 0 Å². The van der Waals surface area contributed by atoms with Crippen LogP contribution in [0, 0.1) is 11.3 Å². The van der Waals surface area contributed by atoms with E-state index in [4.69, 9.17) is 4.98 Å². The Balaban J connectivity index is 1.69. The normalized spacial score (nSPS) is 22.0. The van der Waals surface area contributed by atoms with Gasteiger partial charge in [-0.2, -0.15) is 8.42 Å². The number of anilines is 2. The van der Waals surface area contributed by atoms with E-state index in [0.29, 0.717) is 36.9 Å². The third-order valence-corrected chi connectivity index (χ3v) is 9.57. The number of nitrogens with one attached hydrogen (secondary N) is 2. The van der Waals surface area contributed by atoms with Gasteiger partial charge in [-0.25, -0.2) is 14.7 Å². The van der Waals surface area contributed by atoms with Crippen LogP contribution in [-0.4, -0.2) is 48.2 Å². The number of carbonyl (C=O) groups excluding carboxylic acids is 2. The van der Waals surface area contributed by atoms with E-state index in [1.165, 1.54) is 6.07 Å². The van der Waals surface area contributed by atoms with Gasteiger partial charge in [0.25, 0.3) is 15.9 Å². The smallest absolute Gasteiger partial charge is 0.281 e. The Morgan fingerprint density at radius 2 is 1.77 bits per heavy atom. The standard InChI is InChI=1S/C33H49N5O4S/c1-31(2,3)20-24(39)12-9-11-23-16-15-22-19-33(7,8)38(21-22)29-25(17-18-26(35-29)32(4,5)6)30(40)37-43(41,42)28-14-10-13-27(34-23)36-28/h10,13-14,17-18,22-23H,9,11-12,15-16,19-21H2,1-8H3,(H,34,36)(H,37,40)/t22-,23?/m0/s1. The van der Waals surface area contributed by atoms with Crippen LogP contribution in [0.15, 0.2) is 35.4 Å². The lowest BCUT2D eigenvalue weighted by atomic mass is 9.88. The largest absolute Gasteiger partial charge is 0.367 e. The molecule has 0 radical (unpaired) electrons. The van der Waals surface area contributed by atoms with Crippen LogP contribution in [0.25, 0.3) is 0 Å². The molecule has 4 bridgehead atoms. The molecule has 2 atom stereocenters. The van der Waals surface area contributed by atoms with Gasteiger partial charge in [-0.15, -0.1) is 0 Å². The second-order valence-electron chi connectivity index (χ2n) is 15.2. The number of hydrogen-bond donors (Lipinski definition) is 2. The summed E-state index contributed by atoms with van der Waals surface area (Å²) in [5.41, 5.74) is 0.486. The fraction of sp³-hybridized carbons (Fsp3) is 0.636. The number of aromatic nitrogens is 2. The Labute approximate surface area is 257 Å². The lowest BCUT2D eigenvalue weighted by Gasteiger charge is -2.34. The summed E-state index contributed by atoms with van der Waals surface area (Å²) in [6.45, 7) is 17.5. The van der Waals surface area contributed by atoms with Gasteiger partial charge in [0.15, 0.2) is 5.03 Å². The maximum atomic E-state index is 13.6. The quantitative estimate of drug-likeness (QED) is 0.407. The highest BCUT2D eigenvalue weighted by Crippen LogP contribution is 2.40. The van der Waals surface area contributed by atoms with Crippen molar-refractivity contribution < 1.29 is 18.0 Å². The fourth-order valence-corrected chi connectivity index (χ4v) is 7.17. The van der Waals surface area contributed by atoms with Crippen molar-refractivity contribution >= 4 is 33.3 Å². The molecule has 9 nitrogen and oxygen atoms in total. The minimum atomic E-state index is -4.26. The molecular formula is C33H49N5O4S. The van der Waals surface area contributed by atoms with E-state index in [2.05, 4.69) is 75.3 Å². The summed E-state index contributed by atoms with van der Waals surface area (Å²) < 4.78 is 29.0. The number of rotatable bonds is 5. The van der Waals surface area contributed by atoms with Crippen molar-refractivity contribution in [2.45, 2.75) is 122 Å². The van der Waals surface area contributed by atoms with Gasteiger partial charge in [-0.1, -0.05) is 47.6 Å². The van der Waals surface area contributed by atoms with Crippen LogP contribution in [0.2, 0.25) is 0 Å². The Morgan fingerprint density at radius 3 is 2.44 bits per heavy atom. The van der Waals surface area contributed by atoms with Gasteiger partial charge in [-0.3, -0.25) is 9.59 Å². The van der Waals surface area contributed by atoms with Crippen LogP contribution < -0.4 is 14.9 Å². The summed E-state index contributed by atoms with van der Waals surface area (Å²) in [5, 5.41) is 3.22. The lowest BCUT2D eigenvalue weighted by molar-refractivity contribution is -0.120. The summed E-state index contributed by atoms with van der Waals surface area (Å²) in [6.07, 6.45) is 5.29. The van der Waals surface area contributed by atoms with Gasteiger partial charge >= 0.3 is 0 Å². The lowest BCUT2D eigenvalue weighted by Crippen LogP contribution is -2.41. The summed E-state index contributed by atoms with van der Waals surface area (Å²) in [4.78, 5) is 37.7. The van der Waals surface area contributed by atoms with Gasteiger partial charge in [0.2, 0.25) is 0 Å². The second-order valence-corrected chi connectivity index (χ2v) is 16.8. The zero-order valence-corrected chi connectivity index (χ0v) is 27.9. The molecule has 1 unspecified atom stereocenters. The predicted octanol–water partition coefficient (Wildman–Crippen LogP) is 6.25. The Bertz CT molecular complexity index is 1460. The van der Waals surface area contributed by atoms with Crippen molar-refractivity contribution in [3.8, 4) is 0 Å². The van der Waals surface area contributed by atoms with E-state index in [0.717, 1.165) is 37.8 Å². The molecule has 2 aromatic heterocycles. The van der Waals surface area contributed by atoms with Gasteiger partial charge in [0.05, 0.1) is 5.56 Å². The van der Waals surface area contributed by atoms with Crippen molar-refractivity contribution in [1.29, 1.82) is 0 Å². The number of fused-ring (bicyclic) bond motifs is 6. The molecule has 1 fully saturated rings. The third kappa shape index (κ3) is 8.34. The van der Waals surface area contributed by atoms with Crippen molar-refractivity contribution in [3.05, 3.63) is 41.6 Å². The average Bonchev–Trinajstić information content (AvgIpc) is 3.18. The van der Waals surface area contributed by atoms with Crippen LogP contribution in [0.5, 0.6) is 0 Å². The number of carbonyl (C=O) groups is 2. The summed E-state index contributed by atoms with van der Waals surface area (Å²) >= 11 is 0. The van der Waals surface area contributed by atoms with E-state index >= 15 is 0 Å². The van der Waals surface area contributed by atoms with Gasteiger partial charge in [0, 0.05) is 42.1 Å². The fourth-order valence-electron chi connectivity index (χ4n) is 6.24. The monoisotopic (exact) mass is 611 g/mol. The molecule has 43 heavy (non-hydrogen) atoms. The van der Waals surface area contributed by atoms with E-state index < -0.39 is 15.9 Å². The molecule has 0 saturated carbocycles. The first-order valence-electron chi connectivity index (χ1n) is 15.5. The number of ketones is 1. The minimum Gasteiger partial charge on any atom is -0.367 e. The van der Waals surface area contributed by atoms with Gasteiger partial charge < -0.3 is 10.2 Å². The first-order chi connectivity index (χ1) is 19.8. The number of sulfonamides is 1. The van der Waals surface area contributed by atoms with Gasteiger partial charge in [0.1, 0.15) is 17.4 Å². The number of Topliss-reactive ketones (excluding diaryl/α,β-unsaturated/α-hetero) is 1. The molecule has 2 aromatic rings. The summed E-state index contributed by atoms with van der Waals surface area (Å²) in [7, 11) is -4.26. The van der Waals surface area contributed by atoms with E-state index in [-0.39, 0.29) is 38.8 Å². The molecule has 1 saturated heterocycles. The van der Waals surface area contributed by atoms with Crippen LogP contribution in [0.1, 0.15) is 116 Å². The van der Waals surface area contributed by atoms with Crippen LogP contribution in [-0.2, 0) is 20.2 Å². The van der Waals surface area contributed by atoms with E-state index in [1.807, 2.05) is 0 Å². The maximum Gasteiger partial charge on any atom is 0.281 e. The van der Waals surface area contributed by atoms with Crippen LogP contribution >= 0.6 is 0 Å². The zero-order valence-electron chi connectivity index (χ0n) is 27.1. The minimum absolute atomic E-state index is 0.0164. The van der Waals surface area contributed by atoms with Gasteiger partial charge in [-0.05, 0) is 81.5 Å². The van der Waals surface area contributed by atoms with Crippen LogP contribution in [0.4, 0.5) is 11.6 Å². The number of hydrogen-bond acceptors (Lipinski definition) is 8. The first-order valence-corrected chi connectivity index (χ1v) is 16.9. The molecule has 4 heterocycles. The Kier molecular flexibility index (Phi) is 9.31. The Morgan fingerprint density at radius 1 is 1.05 bits per heavy atom. The summed E-state index contributed by atoms with van der Waals surface area (Å²) in [5.74, 6) is 0.833. The second kappa shape index (κ2) is 12.2. The molecule has 2 aliphatic rings. The molecule has 236 valence electrons. The van der Waals surface area contributed by atoms with E-state index in [1.54, 1.807) is 24.3 Å². The van der Waals surface area contributed by atoms with Crippen molar-refractivity contribution in [2.75, 3.05) is 16.8 Å². The SMILES string of the molecule is CC(C)(C)CC(=O)CCCC1CC[C@@H]2CN(c3nc(C(C)(C)C)ccc3C(=O)NS(=O)(=O)c3cccc(n3)N1)C(C)(C)C2. The molecule has 2 N–H and O–H groups in total. The predicted molar refractivity (Wildman–Crippen MR) is 171 cm³/mol. The highest BCUT2D eigenvalue weighted by Gasteiger charge is 2.41.